The van der Waals surface area contributed by atoms with E-state index in [9.17, 15) is 9.90 Å². The Kier molecular flexibility index (Phi) is 4.33. The number of hydrogen-bond acceptors (Lipinski definition) is 4. The molecule has 2 heterocycles. The van der Waals surface area contributed by atoms with Crippen LogP contribution in [0.5, 0.6) is 5.75 Å². The second kappa shape index (κ2) is 5.97. The molecule has 0 radical (unpaired) electrons. The molecule has 0 saturated carbocycles. The zero-order chi connectivity index (χ0) is 13.0. The molecule has 0 aliphatic heterocycles. The average Bonchev–Trinajstić information content (AvgIpc) is 2.75. The largest absolute Gasteiger partial charge is 0.505 e. The fraction of sp³-hybridized carbons (Fsp3) is 0.167. The van der Waals surface area contributed by atoms with Gasteiger partial charge >= 0.3 is 0 Å². The number of nitrogens with zero attached hydrogens (tertiary/aromatic N) is 1. The van der Waals surface area contributed by atoms with Gasteiger partial charge in [-0.15, -0.1) is 11.3 Å². The summed E-state index contributed by atoms with van der Waals surface area (Å²) in [6.07, 6.45) is 2.24. The molecular weight excluding hydrogens is 316 g/mol. The van der Waals surface area contributed by atoms with Gasteiger partial charge in [0.25, 0.3) is 5.91 Å². The topological polar surface area (TPSA) is 62.2 Å². The summed E-state index contributed by atoms with van der Waals surface area (Å²) < 4.78 is 1.08. The molecule has 0 aromatic carbocycles. The number of carbonyl (C=O) groups is 1. The van der Waals surface area contributed by atoms with Crippen molar-refractivity contribution in [2.45, 2.75) is 6.42 Å². The lowest BCUT2D eigenvalue weighted by Gasteiger charge is -2.04. The molecule has 4 nitrogen and oxygen atoms in total. The van der Waals surface area contributed by atoms with Crippen LogP contribution in [0.3, 0.4) is 0 Å². The summed E-state index contributed by atoms with van der Waals surface area (Å²) in [5, 5.41) is 12.2. The van der Waals surface area contributed by atoms with E-state index in [1.54, 1.807) is 17.4 Å². The Hall–Kier alpha value is -1.40. The first-order valence-electron chi connectivity index (χ1n) is 5.33. The molecule has 2 aromatic heterocycles. The summed E-state index contributed by atoms with van der Waals surface area (Å²) in [5.74, 6) is -0.461. The minimum absolute atomic E-state index is 0.0601. The molecule has 0 spiro atoms. The van der Waals surface area contributed by atoms with Gasteiger partial charge in [0.2, 0.25) is 0 Å². The van der Waals surface area contributed by atoms with Gasteiger partial charge in [-0.05, 0) is 46.6 Å². The van der Waals surface area contributed by atoms with Gasteiger partial charge in [0.05, 0.1) is 3.79 Å². The molecule has 0 aliphatic rings. The number of aromatic nitrogens is 1. The highest BCUT2D eigenvalue weighted by atomic mass is 79.9. The lowest BCUT2D eigenvalue weighted by atomic mass is 10.3. The number of hydrogen-bond donors (Lipinski definition) is 2. The molecule has 0 unspecified atom stereocenters. The Labute approximate surface area is 117 Å². The SMILES string of the molecule is O=C(NCCc1ccc(Br)s1)c1ncccc1O. The minimum atomic E-state index is -0.358. The lowest BCUT2D eigenvalue weighted by molar-refractivity contribution is 0.0946. The molecule has 0 atom stereocenters. The third-order valence-electron chi connectivity index (χ3n) is 2.29. The van der Waals surface area contributed by atoms with Crippen LogP contribution in [-0.2, 0) is 6.42 Å². The van der Waals surface area contributed by atoms with Gasteiger partial charge in [-0.25, -0.2) is 4.98 Å². The molecule has 0 fully saturated rings. The van der Waals surface area contributed by atoms with Crippen molar-refractivity contribution in [2.24, 2.45) is 0 Å². The van der Waals surface area contributed by atoms with Gasteiger partial charge in [-0.1, -0.05) is 0 Å². The first-order valence-corrected chi connectivity index (χ1v) is 6.94. The van der Waals surface area contributed by atoms with Gasteiger partial charge in [-0.2, -0.15) is 0 Å². The van der Waals surface area contributed by atoms with E-state index < -0.39 is 0 Å². The maximum Gasteiger partial charge on any atom is 0.273 e. The summed E-state index contributed by atoms with van der Waals surface area (Å²) in [7, 11) is 0. The monoisotopic (exact) mass is 326 g/mol. The second-order valence-corrected chi connectivity index (χ2v) is 6.13. The van der Waals surface area contributed by atoms with Crippen molar-refractivity contribution in [3.63, 3.8) is 0 Å². The second-order valence-electron chi connectivity index (χ2n) is 3.58. The van der Waals surface area contributed by atoms with Gasteiger partial charge in [0.1, 0.15) is 5.75 Å². The molecule has 94 valence electrons. The molecular formula is C12H11BrN2O2S. The summed E-state index contributed by atoms with van der Waals surface area (Å²) in [5.41, 5.74) is 0.0601. The lowest BCUT2D eigenvalue weighted by Crippen LogP contribution is -2.26. The maximum atomic E-state index is 11.7. The van der Waals surface area contributed by atoms with E-state index in [1.165, 1.54) is 17.1 Å². The summed E-state index contributed by atoms with van der Waals surface area (Å²) >= 11 is 5.03. The third kappa shape index (κ3) is 3.30. The Morgan fingerprint density at radius 3 is 2.94 bits per heavy atom. The van der Waals surface area contributed by atoms with Gasteiger partial charge in [0.15, 0.2) is 5.69 Å². The Bertz CT molecular complexity index is 557. The Balaban J connectivity index is 1.87. The van der Waals surface area contributed by atoms with Crippen molar-refractivity contribution in [1.29, 1.82) is 0 Å². The van der Waals surface area contributed by atoms with Crippen molar-refractivity contribution in [3.8, 4) is 5.75 Å². The summed E-state index contributed by atoms with van der Waals surface area (Å²) in [6, 6.07) is 7.01. The number of amides is 1. The zero-order valence-corrected chi connectivity index (χ0v) is 11.8. The molecule has 0 saturated heterocycles. The molecule has 2 N–H and O–H groups in total. The number of rotatable bonds is 4. The van der Waals surface area contributed by atoms with E-state index in [-0.39, 0.29) is 17.4 Å². The van der Waals surface area contributed by atoms with Crippen LogP contribution in [0.2, 0.25) is 0 Å². The smallest absolute Gasteiger partial charge is 0.273 e. The number of thiophene rings is 1. The van der Waals surface area contributed by atoms with Crippen LogP contribution in [-0.4, -0.2) is 22.5 Å². The number of aromatic hydroxyl groups is 1. The molecule has 18 heavy (non-hydrogen) atoms. The van der Waals surface area contributed by atoms with E-state index >= 15 is 0 Å². The van der Waals surface area contributed by atoms with Gasteiger partial charge < -0.3 is 10.4 Å². The van der Waals surface area contributed by atoms with E-state index in [0.717, 1.165) is 10.2 Å². The highest BCUT2D eigenvalue weighted by Gasteiger charge is 2.11. The highest BCUT2D eigenvalue weighted by molar-refractivity contribution is 9.11. The van der Waals surface area contributed by atoms with Gasteiger partial charge in [0, 0.05) is 17.6 Å². The molecule has 6 heteroatoms. The van der Waals surface area contributed by atoms with E-state index in [4.69, 9.17) is 0 Å². The van der Waals surface area contributed by atoms with Crippen LogP contribution in [0.25, 0.3) is 0 Å². The number of carbonyl (C=O) groups excluding carboxylic acids is 1. The standard InChI is InChI=1S/C12H11BrN2O2S/c13-10-4-3-8(18-10)5-7-15-12(17)11-9(16)2-1-6-14-11/h1-4,6,16H,5,7H2,(H,15,17). The number of pyridine rings is 1. The Morgan fingerprint density at radius 1 is 1.44 bits per heavy atom. The predicted octanol–water partition coefficient (Wildman–Crippen LogP) is 2.58. The van der Waals surface area contributed by atoms with Crippen molar-refractivity contribution < 1.29 is 9.90 Å². The van der Waals surface area contributed by atoms with Crippen LogP contribution >= 0.6 is 27.3 Å². The fourth-order valence-corrected chi connectivity index (χ4v) is 2.92. The molecule has 0 bridgehead atoms. The summed E-state index contributed by atoms with van der Waals surface area (Å²) in [6.45, 7) is 0.516. The van der Waals surface area contributed by atoms with Crippen LogP contribution in [0.15, 0.2) is 34.2 Å². The normalized spacial score (nSPS) is 10.3. The average molecular weight is 327 g/mol. The molecule has 1 amide bonds. The zero-order valence-electron chi connectivity index (χ0n) is 9.39. The highest BCUT2D eigenvalue weighted by Crippen LogP contribution is 2.22. The number of nitrogens with one attached hydrogen (secondary N) is 1. The van der Waals surface area contributed by atoms with Crippen LogP contribution < -0.4 is 5.32 Å². The van der Waals surface area contributed by atoms with E-state index in [2.05, 4.69) is 26.2 Å². The molecule has 2 rings (SSSR count). The quantitative estimate of drug-likeness (QED) is 0.907. The van der Waals surface area contributed by atoms with E-state index in [1.807, 2.05) is 12.1 Å². The molecule has 0 aliphatic carbocycles. The van der Waals surface area contributed by atoms with E-state index in [0.29, 0.717) is 6.54 Å². The first-order chi connectivity index (χ1) is 8.66. The third-order valence-corrected chi connectivity index (χ3v) is 3.97. The van der Waals surface area contributed by atoms with Gasteiger partial charge in [-0.3, -0.25) is 4.79 Å². The first kappa shape index (κ1) is 13.0. The van der Waals surface area contributed by atoms with Crippen molar-refractivity contribution >= 4 is 33.2 Å². The van der Waals surface area contributed by atoms with Crippen LogP contribution in [0, 0.1) is 0 Å². The van der Waals surface area contributed by atoms with Crippen LogP contribution in [0.4, 0.5) is 0 Å². The van der Waals surface area contributed by atoms with Crippen molar-refractivity contribution in [1.82, 2.24) is 10.3 Å². The maximum absolute atomic E-state index is 11.7. The van der Waals surface area contributed by atoms with Crippen molar-refractivity contribution in [3.05, 3.63) is 44.8 Å². The van der Waals surface area contributed by atoms with Crippen molar-refractivity contribution in [2.75, 3.05) is 6.54 Å². The predicted molar refractivity (Wildman–Crippen MR) is 74.0 cm³/mol. The van der Waals surface area contributed by atoms with Crippen LogP contribution in [0.1, 0.15) is 15.4 Å². The fourth-order valence-electron chi connectivity index (χ4n) is 1.44. The minimum Gasteiger partial charge on any atom is -0.505 e. The Morgan fingerprint density at radius 2 is 2.28 bits per heavy atom. The number of halogens is 1. The molecule has 2 aromatic rings. The summed E-state index contributed by atoms with van der Waals surface area (Å²) in [4.78, 5) is 16.7.